The van der Waals surface area contributed by atoms with Crippen LogP contribution in [0, 0.1) is 5.92 Å². The molecule has 0 N–H and O–H groups in total. The Kier molecular flexibility index (Phi) is 2.47. The van der Waals surface area contributed by atoms with E-state index in [1.54, 1.807) is 0 Å². The molecule has 1 aliphatic rings. The molecule has 12 heavy (non-hydrogen) atoms. The summed E-state index contributed by atoms with van der Waals surface area (Å²) in [4.78, 5) is 0. The van der Waals surface area contributed by atoms with Gasteiger partial charge in [-0.2, -0.15) is 0 Å². The van der Waals surface area contributed by atoms with Crippen LogP contribution in [0.4, 0.5) is 0 Å². The van der Waals surface area contributed by atoms with Crippen LogP contribution in [0.1, 0.15) is 13.8 Å². The predicted octanol–water partition coefficient (Wildman–Crippen LogP) is 3.32. The van der Waals surface area contributed by atoms with E-state index in [-0.39, 0.29) is 0 Å². The van der Waals surface area contributed by atoms with Crippen molar-refractivity contribution < 1.29 is 4.43 Å². The molecule has 1 aliphatic carbocycles. The molecule has 0 aromatic rings. The summed E-state index contributed by atoms with van der Waals surface area (Å²) < 4.78 is 5.86. The molecular formula is C10H18OSi. The molecule has 1 atom stereocenters. The minimum Gasteiger partial charge on any atom is -0.545 e. The lowest BCUT2D eigenvalue weighted by atomic mass is 10.1. The van der Waals surface area contributed by atoms with Crippen molar-refractivity contribution in [2.24, 2.45) is 5.92 Å². The first-order chi connectivity index (χ1) is 5.38. The highest BCUT2D eigenvalue weighted by molar-refractivity contribution is 6.70. The van der Waals surface area contributed by atoms with Gasteiger partial charge in [0.1, 0.15) is 0 Å². The van der Waals surface area contributed by atoms with Crippen molar-refractivity contribution in [3.8, 4) is 0 Å². The van der Waals surface area contributed by atoms with E-state index in [9.17, 15) is 0 Å². The van der Waals surface area contributed by atoms with Gasteiger partial charge in [-0.1, -0.05) is 12.5 Å². The lowest BCUT2D eigenvalue weighted by Gasteiger charge is -2.18. The Morgan fingerprint density at radius 3 is 2.25 bits per heavy atom. The third-order valence-corrected chi connectivity index (χ3v) is 2.77. The van der Waals surface area contributed by atoms with Crippen LogP contribution in [-0.2, 0) is 4.43 Å². The number of rotatable bonds is 2. The Bertz CT molecular complexity index is 233. The van der Waals surface area contributed by atoms with E-state index in [0.29, 0.717) is 5.92 Å². The van der Waals surface area contributed by atoms with Crippen LogP contribution < -0.4 is 0 Å². The van der Waals surface area contributed by atoms with Crippen molar-refractivity contribution in [2.45, 2.75) is 33.5 Å². The molecule has 0 saturated carbocycles. The topological polar surface area (TPSA) is 9.23 Å². The van der Waals surface area contributed by atoms with Crippen molar-refractivity contribution in [2.75, 3.05) is 0 Å². The second-order valence-electron chi connectivity index (χ2n) is 4.46. The third-order valence-electron chi connectivity index (χ3n) is 1.93. The van der Waals surface area contributed by atoms with Gasteiger partial charge in [0.05, 0.1) is 5.76 Å². The molecule has 0 aliphatic heterocycles. The van der Waals surface area contributed by atoms with Gasteiger partial charge in [-0.25, -0.2) is 0 Å². The average Bonchev–Trinajstić information content (AvgIpc) is 2.07. The van der Waals surface area contributed by atoms with Crippen LogP contribution in [0.5, 0.6) is 0 Å². The first-order valence-electron chi connectivity index (χ1n) is 4.47. The summed E-state index contributed by atoms with van der Waals surface area (Å²) in [5.74, 6) is 1.65. The maximum absolute atomic E-state index is 5.86. The largest absolute Gasteiger partial charge is 0.545 e. The van der Waals surface area contributed by atoms with E-state index in [0.717, 1.165) is 5.76 Å². The zero-order chi connectivity index (χ0) is 9.35. The molecule has 0 heterocycles. The fourth-order valence-corrected chi connectivity index (χ4v) is 2.03. The molecule has 1 nitrogen and oxygen atoms in total. The van der Waals surface area contributed by atoms with Gasteiger partial charge in [-0.3, -0.25) is 0 Å². The van der Waals surface area contributed by atoms with Crippen molar-refractivity contribution in [3.63, 3.8) is 0 Å². The minimum absolute atomic E-state index is 0.566. The quantitative estimate of drug-likeness (QED) is 0.595. The molecule has 2 heteroatoms. The van der Waals surface area contributed by atoms with Crippen LogP contribution >= 0.6 is 0 Å². The van der Waals surface area contributed by atoms with Gasteiger partial charge in [-0.05, 0) is 44.6 Å². The Morgan fingerprint density at radius 2 is 1.92 bits per heavy atom. The second-order valence-corrected chi connectivity index (χ2v) is 8.89. The van der Waals surface area contributed by atoms with Crippen molar-refractivity contribution in [3.05, 3.63) is 23.5 Å². The Hall–Kier alpha value is -0.503. The highest BCUT2D eigenvalue weighted by Crippen LogP contribution is 2.25. The van der Waals surface area contributed by atoms with Crippen LogP contribution in [0.15, 0.2) is 23.5 Å². The molecule has 0 amide bonds. The van der Waals surface area contributed by atoms with Crippen LogP contribution in [-0.4, -0.2) is 8.32 Å². The Labute approximate surface area is 76.3 Å². The highest BCUT2D eigenvalue weighted by atomic mass is 28.4. The van der Waals surface area contributed by atoms with Gasteiger partial charge in [0.25, 0.3) is 0 Å². The van der Waals surface area contributed by atoms with Crippen LogP contribution in [0.2, 0.25) is 19.6 Å². The Balaban J connectivity index is 2.63. The first-order valence-corrected chi connectivity index (χ1v) is 7.88. The lowest BCUT2D eigenvalue weighted by Crippen LogP contribution is -2.24. The zero-order valence-electron chi connectivity index (χ0n) is 8.64. The maximum atomic E-state index is 5.86. The van der Waals surface area contributed by atoms with Gasteiger partial charge in [0.2, 0.25) is 8.32 Å². The van der Waals surface area contributed by atoms with E-state index in [1.807, 2.05) is 0 Å². The van der Waals surface area contributed by atoms with Gasteiger partial charge >= 0.3 is 0 Å². The van der Waals surface area contributed by atoms with Gasteiger partial charge in [-0.15, -0.1) is 0 Å². The molecule has 0 aromatic carbocycles. The fraction of sp³-hybridized carbons (Fsp3) is 0.600. The summed E-state index contributed by atoms with van der Waals surface area (Å²) in [6.45, 7) is 11.0. The molecule has 0 fully saturated rings. The minimum atomic E-state index is -1.39. The summed E-state index contributed by atoms with van der Waals surface area (Å²) in [6, 6.07) is 0. The van der Waals surface area contributed by atoms with Crippen molar-refractivity contribution in [1.82, 2.24) is 0 Å². The molecule has 0 aromatic heterocycles. The van der Waals surface area contributed by atoms with Crippen LogP contribution in [0.25, 0.3) is 0 Å². The van der Waals surface area contributed by atoms with E-state index in [4.69, 9.17) is 4.43 Å². The van der Waals surface area contributed by atoms with Crippen molar-refractivity contribution in [1.29, 1.82) is 0 Å². The van der Waals surface area contributed by atoms with E-state index >= 15 is 0 Å². The standard InChI is InChI=1S/C10H18OSi/c1-8-6-10(7-9(8)2)11-12(3,4)5/h6-8H,1-5H3. The zero-order valence-corrected chi connectivity index (χ0v) is 9.64. The van der Waals surface area contributed by atoms with E-state index in [2.05, 4.69) is 45.6 Å². The normalized spacial score (nSPS) is 23.6. The number of allylic oxidation sites excluding steroid dienone is 3. The number of hydrogen-bond donors (Lipinski definition) is 0. The molecule has 0 bridgehead atoms. The average molecular weight is 182 g/mol. The predicted molar refractivity (Wildman–Crippen MR) is 55.4 cm³/mol. The number of hydrogen-bond acceptors (Lipinski definition) is 1. The summed E-state index contributed by atoms with van der Waals surface area (Å²) in [5.41, 5.74) is 1.41. The molecular weight excluding hydrogens is 164 g/mol. The summed E-state index contributed by atoms with van der Waals surface area (Å²) in [5, 5.41) is 0. The van der Waals surface area contributed by atoms with E-state index < -0.39 is 8.32 Å². The first kappa shape index (κ1) is 9.58. The third kappa shape index (κ3) is 2.52. The van der Waals surface area contributed by atoms with Gasteiger partial charge in [0.15, 0.2) is 0 Å². The second kappa shape index (κ2) is 3.09. The molecule has 0 radical (unpaired) electrons. The fourth-order valence-electron chi connectivity index (χ4n) is 1.20. The highest BCUT2D eigenvalue weighted by Gasteiger charge is 2.20. The summed E-state index contributed by atoms with van der Waals surface area (Å²) in [7, 11) is -1.39. The Morgan fingerprint density at radius 1 is 1.33 bits per heavy atom. The summed E-state index contributed by atoms with van der Waals surface area (Å²) in [6.07, 6.45) is 4.36. The molecule has 1 unspecified atom stereocenters. The van der Waals surface area contributed by atoms with Crippen molar-refractivity contribution >= 4 is 8.32 Å². The lowest BCUT2D eigenvalue weighted by molar-refractivity contribution is 0.441. The molecule has 68 valence electrons. The molecule has 0 spiro atoms. The molecule has 0 saturated heterocycles. The van der Waals surface area contributed by atoms with Gasteiger partial charge in [0, 0.05) is 0 Å². The van der Waals surface area contributed by atoms with E-state index in [1.165, 1.54) is 5.57 Å². The summed E-state index contributed by atoms with van der Waals surface area (Å²) >= 11 is 0. The van der Waals surface area contributed by atoms with Gasteiger partial charge < -0.3 is 4.43 Å². The molecule has 1 rings (SSSR count). The SMILES string of the molecule is CC1=CC(O[Si](C)(C)C)=CC1C. The smallest absolute Gasteiger partial charge is 0.242 e. The monoisotopic (exact) mass is 182 g/mol. The maximum Gasteiger partial charge on any atom is 0.242 e. The van der Waals surface area contributed by atoms with Crippen LogP contribution in [0.3, 0.4) is 0 Å².